The third-order valence-corrected chi connectivity index (χ3v) is 2.10. The minimum Gasteiger partial charge on any atom is -0.330 e. The number of aromatic nitrogens is 1. The molecule has 0 amide bonds. The number of nitrogens with zero attached hydrogens (tertiary/aromatic N) is 1. The Labute approximate surface area is 73.8 Å². The molecular weight excluding hydrogens is 148 g/mol. The minimum absolute atomic E-state index is 0.512. The molecule has 0 fully saturated rings. The maximum atomic E-state index is 5.67. The molecule has 1 rings (SSSR count). The van der Waals surface area contributed by atoms with Crippen molar-refractivity contribution >= 4 is 0 Å². The van der Waals surface area contributed by atoms with Crippen molar-refractivity contribution in [3.05, 3.63) is 30.1 Å². The predicted molar refractivity (Wildman–Crippen MR) is 50.9 cm³/mol. The fraction of sp³-hybridized carbons (Fsp3) is 0.500. The van der Waals surface area contributed by atoms with Gasteiger partial charge in [0.15, 0.2) is 0 Å². The van der Waals surface area contributed by atoms with Crippen LogP contribution >= 0.6 is 0 Å². The Morgan fingerprint density at radius 2 is 2.08 bits per heavy atom. The highest BCUT2D eigenvalue weighted by molar-refractivity contribution is 5.15. The highest BCUT2D eigenvalue weighted by atomic mass is 14.6. The van der Waals surface area contributed by atoms with Crippen LogP contribution < -0.4 is 5.73 Å². The Bertz CT molecular complexity index is 208. The van der Waals surface area contributed by atoms with Gasteiger partial charge in [0.05, 0.1) is 0 Å². The van der Waals surface area contributed by atoms with Crippen molar-refractivity contribution in [2.45, 2.75) is 25.7 Å². The number of rotatable bonds is 4. The van der Waals surface area contributed by atoms with Crippen LogP contribution in [0.15, 0.2) is 24.5 Å². The molecule has 12 heavy (non-hydrogen) atoms. The van der Waals surface area contributed by atoms with E-state index in [1.54, 1.807) is 0 Å². The smallest absolute Gasteiger partial charge is 0.0270 e. The zero-order chi connectivity index (χ0) is 8.81. The number of hydrogen-bond acceptors (Lipinski definition) is 2. The van der Waals surface area contributed by atoms with Crippen LogP contribution in [0.3, 0.4) is 0 Å². The summed E-state index contributed by atoms with van der Waals surface area (Å²) in [6.07, 6.45) is 6.01. The average molecular weight is 164 g/mol. The Morgan fingerprint density at radius 1 is 1.42 bits per heavy atom. The van der Waals surface area contributed by atoms with E-state index in [1.165, 1.54) is 18.4 Å². The summed E-state index contributed by atoms with van der Waals surface area (Å²) in [4.78, 5) is 3.98. The van der Waals surface area contributed by atoms with Crippen molar-refractivity contribution in [2.24, 2.45) is 5.73 Å². The maximum absolute atomic E-state index is 5.67. The molecule has 0 saturated heterocycles. The topological polar surface area (TPSA) is 38.9 Å². The van der Waals surface area contributed by atoms with Gasteiger partial charge in [0, 0.05) is 12.4 Å². The van der Waals surface area contributed by atoms with E-state index >= 15 is 0 Å². The van der Waals surface area contributed by atoms with Crippen molar-refractivity contribution in [1.29, 1.82) is 0 Å². The molecule has 2 heteroatoms. The standard InChI is InChI=1S/C10H16N2/c1-2-3-10(8-11)9-4-6-12-7-5-9/h4-7,10H,2-3,8,11H2,1H3. The van der Waals surface area contributed by atoms with Gasteiger partial charge in [-0.1, -0.05) is 13.3 Å². The highest BCUT2D eigenvalue weighted by Crippen LogP contribution is 2.18. The fourth-order valence-corrected chi connectivity index (χ4v) is 1.40. The van der Waals surface area contributed by atoms with Gasteiger partial charge in [0.25, 0.3) is 0 Å². The molecule has 0 aromatic carbocycles. The molecule has 0 bridgehead atoms. The fourth-order valence-electron chi connectivity index (χ4n) is 1.40. The van der Waals surface area contributed by atoms with Gasteiger partial charge in [-0.3, -0.25) is 4.98 Å². The Balaban J connectivity index is 2.66. The van der Waals surface area contributed by atoms with Crippen LogP contribution in [0, 0.1) is 0 Å². The average Bonchev–Trinajstić information content (AvgIpc) is 2.15. The summed E-state index contributed by atoms with van der Waals surface area (Å²) in [5, 5.41) is 0. The van der Waals surface area contributed by atoms with E-state index in [-0.39, 0.29) is 0 Å². The SMILES string of the molecule is CCCC(CN)c1ccncc1. The number of nitrogens with two attached hydrogens (primary N) is 1. The summed E-state index contributed by atoms with van der Waals surface area (Å²) in [5.74, 6) is 0.512. The third kappa shape index (κ3) is 2.31. The number of pyridine rings is 1. The van der Waals surface area contributed by atoms with E-state index in [9.17, 15) is 0 Å². The van der Waals surface area contributed by atoms with E-state index in [0.29, 0.717) is 5.92 Å². The molecule has 0 spiro atoms. The Kier molecular flexibility index (Phi) is 3.74. The molecule has 1 heterocycles. The second-order valence-electron chi connectivity index (χ2n) is 3.00. The van der Waals surface area contributed by atoms with Crippen molar-refractivity contribution in [2.75, 3.05) is 6.54 Å². The van der Waals surface area contributed by atoms with Crippen LogP contribution in [0.25, 0.3) is 0 Å². The van der Waals surface area contributed by atoms with E-state index in [1.807, 2.05) is 24.5 Å². The van der Waals surface area contributed by atoms with Crippen LogP contribution in [0.1, 0.15) is 31.2 Å². The van der Waals surface area contributed by atoms with E-state index in [4.69, 9.17) is 5.73 Å². The highest BCUT2D eigenvalue weighted by Gasteiger charge is 2.06. The molecule has 0 aliphatic carbocycles. The molecule has 2 nitrogen and oxygen atoms in total. The van der Waals surface area contributed by atoms with Gasteiger partial charge >= 0.3 is 0 Å². The normalized spacial score (nSPS) is 12.8. The molecule has 0 aliphatic heterocycles. The first-order chi connectivity index (χ1) is 5.88. The van der Waals surface area contributed by atoms with E-state index in [0.717, 1.165) is 6.54 Å². The molecule has 0 radical (unpaired) electrons. The molecule has 0 aliphatic rings. The molecule has 2 N–H and O–H groups in total. The lowest BCUT2D eigenvalue weighted by atomic mass is 9.96. The largest absolute Gasteiger partial charge is 0.330 e. The van der Waals surface area contributed by atoms with Gasteiger partial charge < -0.3 is 5.73 Å². The van der Waals surface area contributed by atoms with E-state index < -0.39 is 0 Å². The lowest BCUT2D eigenvalue weighted by molar-refractivity contribution is 0.622. The molecular formula is C10H16N2. The van der Waals surface area contributed by atoms with Gasteiger partial charge in [-0.15, -0.1) is 0 Å². The maximum Gasteiger partial charge on any atom is 0.0270 e. The monoisotopic (exact) mass is 164 g/mol. The van der Waals surface area contributed by atoms with Gasteiger partial charge in [-0.2, -0.15) is 0 Å². The molecule has 1 aromatic rings. The molecule has 1 aromatic heterocycles. The van der Waals surface area contributed by atoms with Crippen LogP contribution in [-0.4, -0.2) is 11.5 Å². The van der Waals surface area contributed by atoms with Crippen LogP contribution in [0.2, 0.25) is 0 Å². The first-order valence-corrected chi connectivity index (χ1v) is 4.48. The summed E-state index contributed by atoms with van der Waals surface area (Å²) in [6, 6.07) is 4.10. The van der Waals surface area contributed by atoms with Gasteiger partial charge in [0.1, 0.15) is 0 Å². The van der Waals surface area contributed by atoms with Crippen molar-refractivity contribution < 1.29 is 0 Å². The van der Waals surface area contributed by atoms with Gasteiger partial charge in [-0.05, 0) is 36.6 Å². The summed E-state index contributed by atoms with van der Waals surface area (Å²) in [6.45, 7) is 2.92. The second kappa shape index (κ2) is 4.88. The summed E-state index contributed by atoms with van der Waals surface area (Å²) in [7, 11) is 0. The minimum atomic E-state index is 0.512. The van der Waals surface area contributed by atoms with Crippen molar-refractivity contribution in [1.82, 2.24) is 4.98 Å². The lowest BCUT2D eigenvalue weighted by Crippen LogP contribution is -2.12. The second-order valence-corrected chi connectivity index (χ2v) is 3.00. The first-order valence-electron chi connectivity index (χ1n) is 4.48. The quantitative estimate of drug-likeness (QED) is 0.738. The summed E-state index contributed by atoms with van der Waals surface area (Å²) in [5.41, 5.74) is 6.98. The zero-order valence-corrected chi connectivity index (χ0v) is 7.53. The van der Waals surface area contributed by atoms with E-state index in [2.05, 4.69) is 11.9 Å². The zero-order valence-electron chi connectivity index (χ0n) is 7.53. The molecule has 66 valence electrons. The Morgan fingerprint density at radius 3 is 2.58 bits per heavy atom. The van der Waals surface area contributed by atoms with Crippen molar-refractivity contribution in [3.8, 4) is 0 Å². The van der Waals surface area contributed by atoms with Crippen LogP contribution in [-0.2, 0) is 0 Å². The molecule has 1 atom stereocenters. The summed E-state index contributed by atoms with van der Waals surface area (Å²) < 4.78 is 0. The Hall–Kier alpha value is -0.890. The van der Waals surface area contributed by atoms with Gasteiger partial charge in [-0.25, -0.2) is 0 Å². The third-order valence-electron chi connectivity index (χ3n) is 2.10. The predicted octanol–water partition coefficient (Wildman–Crippen LogP) is 1.92. The lowest BCUT2D eigenvalue weighted by Gasteiger charge is -2.12. The van der Waals surface area contributed by atoms with Crippen LogP contribution in [0.4, 0.5) is 0 Å². The molecule has 1 unspecified atom stereocenters. The summed E-state index contributed by atoms with van der Waals surface area (Å²) >= 11 is 0. The van der Waals surface area contributed by atoms with Gasteiger partial charge in [0.2, 0.25) is 0 Å². The van der Waals surface area contributed by atoms with Crippen molar-refractivity contribution in [3.63, 3.8) is 0 Å². The van der Waals surface area contributed by atoms with Crippen LogP contribution in [0.5, 0.6) is 0 Å². The number of hydrogen-bond donors (Lipinski definition) is 1. The first kappa shape index (κ1) is 9.20. The molecule has 0 saturated carbocycles.